The second kappa shape index (κ2) is 5.99. The molecule has 0 unspecified atom stereocenters. The third-order valence-electron chi connectivity index (χ3n) is 3.67. The highest BCUT2D eigenvalue weighted by Gasteiger charge is 2.28. The molecule has 5 N–H and O–H groups in total. The van der Waals surface area contributed by atoms with Gasteiger partial charge in [-0.05, 0) is 43.9 Å². The van der Waals surface area contributed by atoms with E-state index < -0.39 is 10.0 Å². The normalized spacial score (nSPS) is 15.9. The Labute approximate surface area is 119 Å². The number of primary sulfonamides is 1. The molecule has 1 fully saturated rings. The molecule has 0 aliphatic heterocycles. The van der Waals surface area contributed by atoms with Crippen LogP contribution in [0, 0.1) is 0 Å². The number of aliphatic hydroxyl groups is 1. The van der Waals surface area contributed by atoms with Crippen LogP contribution in [-0.2, 0) is 10.0 Å². The lowest BCUT2D eigenvalue weighted by Crippen LogP contribution is -2.42. The highest BCUT2D eigenvalue weighted by Crippen LogP contribution is 2.34. The number of sulfonamides is 1. The number of nitrogens with two attached hydrogens (primary N) is 2. The van der Waals surface area contributed by atoms with Crippen molar-refractivity contribution in [1.82, 2.24) is 0 Å². The van der Waals surface area contributed by atoms with E-state index in [-0.39, 0.29) is 11.5 Å². The molecule has 0 amide bonds. The molecule has 6 nitrogen and oxygen atoms in total. The van der Waals surface area contributed by atoms with Gasteiger partial charge in [0.1, 0.15) is 4.90 Å². The van der Waals surface area contributed by atoms with Gasteiger partial charge in [-0.25, -0.2) is 13.6 Å². The molecule has 112 valence electrons. The highest BCUT2D eigenvalue weighted by molar-refractivity contribution is 7.89. The topological polar surface area (TPSA) is 110 Å². The Morgan fingerprint density at radius 3 is 2.55 bits per heavy atom. The quantitative estimate of drug-likeness (QED) is 0.668. The fourth-order valence-electron chi connectivity index (χ4n) is 2.44. The molecule has 1 aromatic carbocycles. The summed E-state index contributed by atoms with van der Waals surface area (Å²) in [6.45, 7) is 0.677. The first-order chi connectivity index (χ1) is 9.43. The second-order valence-electron chi connectivity index (χ2n) is 5.13. The van der Waals surface area contributed by atoms with Crippen LogP contribution in [0.5, 0.6) is 0 Å². The molecule has 2 rings (SSSR count). The summed E-state index contributed by atoms with van der Waals surface area (Å²) in [5.74, 6) is 0. The van der Waals surface area contributed by atoms with Crippen LogP contribution in [0.2, 0.25) is 0 Å². The fourth-order valence-corrected chi connectivity index (χ4v) is 3.21. The van der Waals surface area contributed by atoms with Crippen LogP contribution >= 0.6 is 0 Å². The molecular weight excluding hydrogens is 278 g/mol. The van der Waals surface area contributed by atoms with Crippen LogP contribution in [0.15, 0.2) is 23.1 Å². The minimum absolute atomic E-state index is 0.0577. The van der Waals surface area contributed by atoms with Crippen molar-refractivity contribution in [3.05, 3.63) is 18.2 Å². The Morgan fingerprint density at radius 1 is 1.35 bits per heavy atom. The maximum Gasteiger partial charge on any atom is 0.240 e. The van der Waals surface area contributed by atoms with Crippen LogP contribution in [0.25, 0.3) is 0 Å². The summed E-state index contributed by atoms with van der Waals surface area (Å²) in [4.78, 5) is 2.08. The lowest BCUT2D eigenvalue weighted by atomic mass is 9.91. The van der Waals surface area contributed by atoms with E-state index in [1.165, 1.54) is 6.07 Å². The molecular formula is C13H21N3O3S. The predicted octanol–water partition coefficient (Wildman–Crippen LogP) is 0.658. The standard InChI is InChI=1S/C13H21N3O3S/c14-10-5-6-12(13(9-10)20(15,18)19)16(7-2-8-17)11-3-1-4-11/h5-6,9,11,17H,1-4,7-8,14H2,(H2,15,18,19). The SMILES string of the molecule is Nc1ccc(N(CCCO)C2CCC2)c(S(N)(=O)=O)c1. The zero-order valence-electron chi connectivity index (χ0n) is 11.3. The number of anilines is 2. The summed E-state index contributed by atoms with van der Waals surface area (Å²) in [6.07, 6.45) is 3.78. The summed E-state index contributed by atoms with van der Waals surface area (Å²) in [6, 6.07) is 5.08. The summed E-state index contributed by atoms with van der Waals surface area (Å²) in [5, 5.41) is 14.3. The molecule has 1 saturated carbocycles. The van der Waals surface area contributed by atoms with Crippen molar-refractivity contribution in [1.29, 1.82) is 0 Å². The minimum atomic E-state index is -3.83. The lowest BCUT2D eigenvalue weighted by Gasteiger charge is -2.40. The third-order valence-corrected chi connectivity index (χ3v) is 4.61. The van der Waals surface area contributed by atoms with Crippen LogP contribution in [0.1, 0.15) is 25.7 Å². The Bertz CT molecular complexity index is 570. The molecule has 0 saturated heterocycles. The van der Waals surface area contributed by atoms with Gasteiger partial charge < -0.3 is 15.7 Å². The van der Waals surface area contributed by atoms with Gasteiger partial charge in [-0.15, -0.1) is 0 Å². The highest BCUT2D eigenvalue weighted by atomic mass is 32.2. The summed E-state index contributed by atoms with van der Waals surface area (Å²) in [7, 11) is -3.83. The van der Waals surface area contributed by atoms with Gasteiger partial charge >= 0.3 is 0 Å². The molecule has 1 aliphatic carbocycles. The van der Waals surface area contributed by atoms with E-state index in [9.17, 15) is 8.42 Å². The first kappa shape index (κ1) is 15.1. The summed E-state index contributed by atoms with van der Waals surface area (Å²) < 4.78 is 23.5. The van der Waals surface area contributed by atoms with Crippen molar-refractivity contribution in [2.24, 2.45) is 5.14 Å². The molecule has 7 heteroatoms. The number of benzene rings is 1. The molecule has 0 atom stereocenters. The predicted molar refractivity (Wildman–Crippen MR) is 78.9 cm³/mol. The molecule has 1 aliphatic rings. The van der Waals surface area contributed by atoms with E-state index in [4.69, 9.17) is 16.0 Å². The van der Waals surface area contributed by atoms with E-state index in [1.54, 1.807) is 12.1 Å². The molecule has 0 heterocycles. The van der Waals surface area contributed by atoms with Crippen molar-refractivity contribution >= 4 is 21.4 Å². The van der Waals surface area contributed by atoms with E-state index in [1.807, 2.05) is 4.90 Å². The van der Waals surface area contributed by atoms with Gasteiger partial charge in [-0.3, -0.25) is 0 Å². The van der Waals surface area contributed by atoms with Gasteiger partial charge in [-0.2, -0.15) is 0 Å². The Morgan fingerprint density at radius 2 is 2.05 bits per heavy atom. The third kappa shape index (κ3) is 3.23. The average Bonchev–Trinajstić information content (AvgIpc) is 2.31. The van der Waals surface area contributed by atoms with Crippen LogP contribution in [-0.4, -0.2) is 32.7 Å². The summed E-state index contributed by atoms with van der Waals surface area (Å²) >= 11 is 0. The van der Waals surface area contributed by atoms with Crippen LogP contribution in [0.3, 0.4) is 0 Å². The number of nitrogens with zero attached hydrogens (tertiary/aromatic N) is 1. The summed E-state index contributed by atoms with van der Waals surface area (Å²) in [5.41, 5.74) is 6.62. The van der Waals surface area contributed by atoms with Crippen LogP contribution < -0.4 is 15.8 Å². The zero-order valence-corrected chi connectivity index (χ0v) is 12.1. The molecule has 0 radical (unpaired) electrons. The fraction of sp³-hybridized carbons (Fsp3) is 0.538. The largest absolute Gasteiger partial charge is 0.399 e. The molecule has 20 heavy (non-hydrogen) atoms. The maximum atomic E-state index is 11.8. The second-order valence-corrected chi connectivity index (χ2v) is 6.66. The van der Waals surface area contributed by atoms with Crippen molar-refractivity contribution in [3.63, 3.8) is 0 Å². The smallest absolute Gasteiger partial charge is 0.240 e. The first-order valence-corrected chi connectivity index (χ1v) is 8.28. The van der Waals surface area contributed by atoms with E-state index in [2.05, 4.69) is 0 Å². The molecule has 0 spiro atoms. The monoisotopic (exact) mass is 299 g/mol. The first-order valence-electron chi connectivity index (χ1n) is 6.73. The number of nitrogen functional groups attached to an aromatic ring is 1. The zero-order chi connectivity index (χ0) is 14.8. The van der Waals surface area contributed by atoms with Gasteiger partial charge in [0, 0.05) is 24.9 Å². The van der Waals surface area contributed by atoms with E-state index in [0.717, 1.165) is 19.3 Å². The number of aliphatic hydroxyl groups excluding tert-OH is 1. The van der Waals surface area contributed by atoms with Gasteiger partial charge in [0.15, 0.2) is 0 Å². The lowest BCUT2D eigenvalue weighted by molar-refractivity contribution is 0.282. The van der Waals surface area contributed by atoms with E-state index in [0.29, 0.717) is 30.4 Å². The van der Waals surface area contributed by atoms with Gasteiger partial charge in [0.2, 0.25) is 10.0 Å². The van der Waals surface area contributed by atoms with Gasteiger partial charge in [-0.1, -0.05) is 0 Å². The maximum absolute atomic E-state index is 11.8. The molecule has 0 aromatic heterocycles. The van der Waals surface area contributed by atoms with Crippen molar-refractivity contribution in [3.8, 4) is 0 Å². The van der Waals surface area contributed by atoms with Crippen LogP contribution in [0.4, 0.5) is 11.4 Å². The van der Waals surface area contributed by atoms with Crippen molar-refractivity contribution in [2.45, 2.75) is 36.6 Å². The Hall–Kier alpha value is -1.31. The number of rotatable bonds is 6. The van der Waals surface area contributed by atoms with Crippen molar-refractivity contribution < 1.29 is 13.5 Å². The van der Waals surface area contributed by atoms with Gasteiger partial charge in [0.25, 0.3) is 0 Å². The van der Waals surface area contributed by atoms with Gasteiger partial charge in [0.05, 0.1) is 5.69 Å². The van der Waals surface area contributed by atoms with E-state index >= 15 is 0 Å². The minimum Gasteiger partial charge on any atom is -0.399 e. The number of hydrogen-bond donors (Lipinski definition) is 3. The average molecular weight is 299 g/mol. The molecule has 0 bridgehead atoms. The Kier molecular flexibility index (Phi) is 4.52. The molecule has 1 aromatic rings. The van der Waals surface area contributed by atoms with Crippen molar-refractivity contribution in [2.75, 3.05) is 23.8 Å². The number of hydrogen-bond acceptors (Lipinski definition) is 5. The Balaban J connectivity index is 2.41.